The van der Waals surface area contributed by atoms with Gasteiger partial charge in [0.1, 0.15) is 22.8 Å². The molecule has 48 heavy (non-hydrogen) atoms. The summed E-state index contributed by atoms with van der Waals surface area (Å²) in [6, 6.07) is 9.72. The monoisotopic (exact) mass is 660 g/mol. The lowest BCUT2D eigenvalue weighted by molar-refractivity contribution is -0.211. The number of ketones is 2. The molecule has 12 nitrogen and oxygen atoms in total. The van der Waals surface area contributed by atoms with E-state index in [2.05, 4.69) is 16.8 Å². The number of piperazine rings is 1. The topological polar surface area (TPSA) is 188 Å². The summed E-state index contributed by atoms with van der Waals surface area (Å²) in [7, 11) is 5.06. The molecule has 2 fully saturated rings. The van der Waals surface area contributed by atoms with Crippen LogP contribution in [0.15, 0.2) is 53.3 Å². The first-order valence-electron chi connectivity index (χ1n) is 16.1. The minimum Gasteiger partial charge on any atom is -0.508 e. The summed E-state index contributed by atoms with van der Waals surface area (Å²) >= 11 is 0. The number of phenolic OH excluding ortho intramolecular Hbond substituents is 1. The van der Waals surface area contributed by atoms with Crippen molar-refractivity contribution in [3.05, 3.63) is 70.0 Å². The van der Waals surface area contributed by atoms with Gasteiger partial charge in [-0.3, -0.25) is 24.2 Å². The van der Waals surface area contributed by atoms with E-state index < -0.39 is 74.6 Å². The van der Waals surface area contributed by atoms with Crippen LogP contribution in [-0.2, 0) is 20.9 Å². The average Bonchev–Trinajstić information content (AvgIpc) is 3.02. The Kier molecular flexibility index (Phi) is 7.92. The van der Waals surface area contributed by atoms with E-state index in [1.165, 1.54) is 25.9 Å². The van der Waals surface area contributed by atoms with Gasteiger partial charge in [0.2, 0.25) is 5.78 Å². The fraction of sp³-hybridized carbons (Fsp3) is 0.472. The Labute approximate surface area is 279 Å². The third-order valence-electron chi connectivity index (χ3n) is 11.7. The number of carbonyl (C=O) groups is 3. The number of phenols is 1. The zero-order valence-electron chi connectivity index (χ0n) is 28.1. The summed E-state index contributed by atoms with van der Waals surface area (Å²) in [4.78, 5) is 46.7. The molecule has 1 amide bonds. The quantitative estimate of drug-likeness (QED) is 0.256. The molecule has 4 aliphatic rings. The molecule has 0 aromatic heterocycles. The molecule has 1 aliphatic heterocycles. The van der Waals surface area contributed by atoms with E-state index in [9.17, 15) is 39.9 Å². The number of aliphatic hydroxyl groups is 4. The molecule has 1 saturated heterocycles. The number of likely N-dealkylation sites (N-methyl/N-ethyl adjacent to an activating group) is 2. The second-order valence-electron chi connectivity index (χ2n) is 14.5. The highest BCUT2D eigenvalue weighted by molar-refractivity contribution is 6.25. The first-order valence-corrected chi connectivity index (χ1v) is 16.1. The molecular weight excluding hydrogens is 616 g/mol. The van der Waals surface area contributed by atoms with Crippen molar-refractivity contribution < 1.29 is 39.9 Å². The molecule has 3 aliphatic carbocycles. The lowest BCUT2D eigenvalue weighted by atomic mass is 9.42. The number of primary amides is 1. The van der Waals surface area contributed by atoms with Crippen LogP contribution in [0.25, 0.3) is 16.9 Å². The standard InChI is InChI=1S/C36H44N4O8/c1-18-21-10-11-22(20-9-7-8-19(16-20)17-40-14-12-39(6)13-15-40)26(41)23(21)27(42)25-31(45)36(48)30(44)24(32(37)46)28(43)29(38(4)5)35(36,3)33(47)34(18,25)2/h7-11,16,18,29,33,41-42,44,47-48H,12-15,17H2,1-6H3,(H2,37,46)/t18-,29+,33-,34+,35+,36+/m0/s1. The number of amides is 1. The molecule has 0 spiro atoms. The Hall–Kier alpha value is -4.07. The number of hydrogen-bond donors (Lipinski definition) is 6. The van der Waals surface area contributed by atoms with Crippen molar-refractivity contribution in [3.63, 3.8) is 0 Å². The van der Waals surface area contributed by atoms with Crippen LogP contribution in [0.4, 0.5) is 0 Å². The number of aliphatic hydroxyl groups excluding tert-OH is 3. The normalized spacial score (nSPS) is 32.7. The van der Waals surface area contributed by atoms with Gasteiger partial charge in [0, 0.05) is 43.7 Å². The van der Waals surface area contributed by atoms with Gasteiger partial charge >= 0.3 is 0 Å². The molecular formula is C36H44N4O8. The molecule has 2 aromatic rings. The van der Waals surface area contributed by atoms with Crippen molar-refractivity contribution in [2.45, 2.75) is 51.0 Å². The Morgan fingerprint density at radius 1 is 1.04 bits per heavy atom. The van der Waals surface area contributed by atoms with Crippen molar-refractivity contribution in [3.8, 4) is 16.9 Å². The minimum atomic E-state index is -3.04. The predicted octanol–water partition coefficient (Wildman–Crippen LogP) is 1.69. The third-order valence-corrected chi connectivity index (χ3v) is 11.7. The van der Waals surface area contributed by atoms with Crippen LogP contribution in [0.3, 0.4) is 0 Å². The van der Waals surface area contributed by atoms with Crippen molar-refractivity contribution in [1.29, 1.82) is 0 Å². The van der Waals surface area contributed by atoms with Crippen molar-refractivity contribution in [2.75, 3.05) is 47.3 Å². The fourth-order valence-corrected chi connectivity index (χ4v) is 8.87. The molecule has 6 rings (SSSR count). The van der Waals surface area contributed by atoms with Crippen LogP contribution in [0.5, 0.6) is 5.75 Å². The highest BCUT2D eigenvalue weighted by atomic mass is 16.4. The van der Waals surface area contributed by atoms with E-state index in [1.807, 2.05) is 24.3 Å². The largest absolute Gasteiger partial charge is 0.508 e. The van der Waals surface area contributed by atoms with Gasteiger partial charge in [-0.05, 0) is 49.8 Å². The average molecular weight is 661 g/mol. The molecule has 6 atom stereocenters. The van der Waals surface area contributed by atoms with Crippen LogP contribution >= 0.6 is 0 Å². The van der Waals surface area contributed by atoms with E-state index in [0.717, 1.165) is 38.3 Å². The van der Waals surface area contributed by atoms with Gasteiger partial charge in [-0.2, -0.15) is 0 Å². The number of nitrogens with two attached hydrogens (primary N) is 1. The van der Waals surface area contributed by atoms with E-state index in [1.54, 1.807) is 26.0 Å². The van der Waals surface area contributed by atoms with Crippen molar-refractivity contribution in [2.24, 2.45) is 16.6 Å². The Balaban J connectivity index is 1.52. The second kappa shape index (κ2) is 11.2. The molecule has 0 bridgehead atoms. The number of nitrogens with zero attached hydrogens (tertiary/aromatic N) is 3. The fourth-order valence-electron chi connectivity index (χ4n) is 8.87. The van der Waals surface area contributed by atoms with Gasteiger partial charge in [-0.25, -0.2) is 0 Å². The van der Waals surface area contributed by atoms with E-state index in [-0.39, 0.29) is 11.3 Å². The number of fused-ring (bicyclic) bond motifs is 3. The number of carbonyl (C=O) groups excluding carboxylic acids is 3. The van der Waals surface area contributed by atoms with Gasteiger partial charge < -0.3 is 36.2 Å². The Morgan fingerprint density at radius 2 is 1.69 bits per heavy atom. The Morgan fingerprint density at radius 3 is 2.29 bits per heavy atom. The van der Waals surface area contributed by atoms with Crippen molar-refractivity contribution in [1.82, 2.24) is 14.7 Å². The summed E-state index contributed by atoms with van der Waals surface area (Å²) in [6.07, 6.45) is -1.74. The van der Waals surface area contributed by atoms with Crippen LogP contribution in [0.1, 0.15) is 43.4 Å². The summed E-state index contributed by atoms with van der Waals surface area (Å²) in [6.45, 7) is 9.13. The number of rotatable bonds is 5. The Bertz CT molecular complexity index is 1810. The predicted molar refractivity (Wildman–Crippen MR) is 178 cm³/mol. The summed E-state index contributed by atoms with van der Waals surface area (Å²) < 4.78 is 0. The SMILES string of the molecule is C[C@H]1c2ccc(-c3cccc(CN4CCN(C)CC4)c3)c(O)c2C(O)=C2C(=O)[C@]3(O)C(O)=C(C(N)=O)C(=O)[C@@H](N(C)C)[C@]3(C)[C@@H](O)[C@@]21C. The molecule has 7 N–H and O–H groups in total. The minimum absolute atomic E-state index is 0.0423. The number of benzene rings is 2. The molecule has 1 saturated carbocycles. The second-order valence-corrected chi connectivity index (χ2v) is 14.5. The molecule has 1 heterocycles. The first kappa shape index (κ1) is 33.8. The maximum Gasteiger partial charge on any atom is 0.255 e. The van der Waals surface area contributed by atoms with Gasteiger partial charge in [-0.15, -0.1) is 0 Å². The van der Waals surface area contributed by atoms with Crippen molar-refractivity contribution >= 4 is 23.2 Å². The van der Waals surface area contributed by atoms with Gasteiger partial charge in [0.05, 0.1) is 28.7 Å². The molecule has 256 valence electrons. The molecule has 12 heteroatoms. The number of Topliss-reactive ketones (excluding diaryl/α,β-unsaturated/α-hetero) is 2. The summed E-state index contributed by atoms with van der Waals surface area (Å²) in [5, 5.41) is 59.7. The zero-order valence-corrected chi connectivity index (χ0v) is 28.1. The van der Waals surface area contributed by atoms with Gasteiger partial charge in [-0.1, -0.05) is 51.1 Å². The molecule has 0 unspecified atom stereocenters. The maximum absolute atomic E-state index is 14.7. The highest BCUT2D eigenvalue weighted by Crippen LogP contribution is 2.66. The van der Waals surface area contributed by atoms with Crippen LogP contribution < -0.4 is 5.73 Å². The van der Waals surface area contributed by atoms with E-state index in [4.69, 9.17) is 5.73 Å². The number of aromatic hydroxyl groups is 1. The van der Waals surface area contributed by atoms with Crippen LogP contribution in [-0.4, -0.2) is 123 Å². The maximum atomic E-state index is 14.7. The summed E-state index contributed by atoms with van der Waals surface area (Å²) in [5.74, 6) is -6.51. The lowest BCUT2D eigenvalue weighted by Gasteiger charge is -2.63. The van der Waals surface area contributed by atoms with Crippen LogP contribution in [0, 0.1) is 10.8 Å². The third kappa shape index (κ3) is 4.29. The molecule has 2 aromatic carbocycles. The zero-order chi connectivity index (χ0) is 35.2. The number of hydrogen-bond acceptors (Lipinski definition) is 11. The molecule has 0 radical (unpaired) electrons. The highest BCUT2D eigenvalue weighted by Gasteiger charge is 2.77. The summed E-state index contributed by atoms with van der Waals surface area (Å²) in [5.41, 5.74) is -0.162. The van der Waals surface area contributed by atoms with Gasteiger partial charge in [0.25, 0.3) is 5.91 Å². The smallest absolute Gasteiger partial charge is 0.255 e. The lowest BCUT2D eigenvalue weighted by Crippen LogP contribution is -2.78. The van der Waals surface area contributed by atoms with E-state index in [0.29, 0.717) is 16.7 Å². The van der Waals surface area contributed by atoms with E-state index >= 15 is 0 Å². The van der Waals surface area contributed by atoms with Crippen LogP contribution in [0.2, 0.25) is 0 Å². The first-order chi connectivity index (χ1) is 22.4. The van der Waals surface area contributed by atoms with Gasteiger partial charge in [0.15, 0.2) is 11.4 Å².